The van der Waals surface area contributed by atoms with Crippen LogP contribution in [0.3, 0.4) is 0 Å². The number of nitrogens with zero attached hydrogens (tertiary/aromatic N) is 1. The summed E-state index contributed by atoms with van der Waals surface area (Å²) in [6.07, 6.45) is -0.747. The van der Waals surface area contributed by atoms with E-state index < -0.39 is 18.0 Å². The van der Waals surface area contributed by atoms with Crippen molar-refractivity contribution in [2.24, 2.45) is 11.8 Å². The molecule has 6 heteroatoms. The Morgan fingerprint density at radius 2 is 2.12 bits per heavy atom. The van der Waals surface area contributed by atoms with Gasteiger partial charge in [-0.25, -0.2) is 4.79 Å². The van der Waals surface area contributed by atoms with E-state index in [9.17, 15) is 14.7 Å². The summed E-state index contributed by atoms with van der Waals surface area (Å²) in [5, 5.41) is 18.0. The first-order chi connectivity index (χ1) is 7.91. The molecular formula is C11H15NO5. The van der Waals surface area contributed by atoms with Gasteiger partial charge in [0.2, 0.25) is 5.91 Å². The van der Waals surface area contributed by atoms with Crippen molar-refractivity contribution in [3.63, 3.8) is 0 Å². The third-order valence-electron chi connectivity index (χ3n) is 3.79. The molecule has 17 heavy (non-hydrogen) atoms. The fourth-order valence-electron chi connectivity index (χ4n) is 2.78. The molecular weight excluding hydrogens is 226 g/mol. The molecule has 0 aromatic carbocycles. The van der Waals surface area contributed by atoms with Crippen LogP contribution in [0.15, 0.2) is 11.3 Å². The van der Waals surface area contributed by atoms with Gasteiger partial charge in [0.05, 0.1) is 18.1 Å². The summed E-state index contributed by atoms with van der Waals surface area (Å²) in [5.74, 6) is -1.73. The Hall–Kier alpha value is -1.40. The number of β-lactam (4-membered cyclic amide) rings is 1. The Morgan fingerprint density at radius 3 is 2.59 bits per heavy atom. The molecule has 1 amide bonds. The zero-order chi connectivity index (χ0) is 12.9. The second kappa shape index (κ2) is 3.82. The first-order valence-corrected chi connectivity index (χ1v) is 5.49. The molecule has 1 fully saturated rings. The topological polar surface area (TPSA) is 87.1 Å². The van der Waals surface area contributed by atoms with Crippen molar-refractivity contribution in [2.75, 3.05) is 0 Å². The van der Waals surface area contributed by atoms with Crippen molar-refractivity contribution < 1.29 is 24.8 Å². The van der Waals surface area contributed by atoms with E-state index in [1.165, 1.54) is 4.90 Å². The fraction of sp³-hybridized carbons (Fsp3) is 0.636. The number of aliphatic hydroxyl groups is 1. The fourth-order valence-corrected chi connectivity index (χ4v) is 2.78. The van der Waals surface area contributed by atoms with Crippen molar-refractivity contribution in [2.45, 2.75) is 32.9 Å². The highest BCUT2D eigenvalue weighted by Gasteiger charge is 2.59. The smallest absolute Gasteiger partial charge is 0.389 e. The molecule has 0 radical (unpaired) electrons. The molecule has 2 aliphatic heterocycles. The molecule has 2 rings (SSSR count). The third-order valence-corrected chi connectivity index (χ3v) is 3.79. The van der Waals surface area contributed by atoms with Crippen LogP contribution in [-0.2, 0) is 14.5 Å². The largest absolute Gasteiger partial charge is 0.393 e. The van der Waals surface area contributed by atoms with Crippen LogP contribution in [0.25, 0.3) is 0 Å². The van der Waals surface area contributed by atoms with Gasteiger partial charge in [-0.2, -0.15) is 5.26 Å². The number of aliphatic hydroxyl groups excluding tert-OH is 1. The Morgan fingerprint density at radius 1 is 1.53 bits per heavy atom. The highest BCUT2D eigenvalue weighted by Crippen LogP contribution is 2.46. The summed E-state index contributed by atoms with van der Waals surface area (Å²) in [6, 6.07) is -0.211. The van der Waals surface area contributed by atoms with Gasteiger partial charge in [0.15, 0.2) is 0 Å². The first kappa shape index (κ1) is 12.1. The summed E-state index contributed by atoms with van der Waals surface area (Å²) in [7, 11) is 0. The zero-order valence-corrected chi connectivity index (χ0v) is 9.88. The molecule has 0 saturated carbocycles. The number of hydrogen-bond donors (Lipinski definition) is 2. The lowest BCUT2D eigenvalue weighted by Gasteiger charge is -2.46. The van der Waals surface area contributed by atoms with Gasteiger partial charge in [-0.1, -0.05) is 6.92 Å². The Kier molecular flexibility index (Phi) is 2.71. The van der Waals surface area contributed by atoms with Crippen LogP contribution in [0.5, 0.6) is 0 Å². The van der Waals surface area contributed by atoms with Crippen molar-refractivity contribution >= 4 is 11.9 Å². The number of carbonyl (C=O) groups is 2. The van der Waals surface area contributed by atoms with Crippen LogP contribution >= 0.6 is 0 Å². The maximum absolute atomic E-state index is 11.8. The minimum absolute atomic E-state index is 0.0265. The molecule has 94 valence electrons. The average Bonchev–Trinajstić information content (AvgIpc) is 2.49. The van der Waals surface area contributed by atoms with Crippen molar-refractivity contribution in [3.8, 4) is 0 Å². The molecule has 1 saturated heterocycles. The second-order valence-corrected chi connectivity index (χ2v) is 4.66. The molecule has 6 nitrogen and oxygen atoms in total. The van der Waals surface area contributed by atoms with Crippen LogP contribution in [0.1, 0.15) is 20.8 Å². The lowest BCUT2D eigenvalue weighted by molar-refractivity contribution is -0.232. The van der Waals surface area contributed by atoms with E-state index in [1.807, 2.05) is 6.92 Å². The summed E-state index contributed by atoms with van der Waals surface area (Å²) in [5.41, 5.74) is 0.803. The van der Waals surface area contributed by atoms with Crippen LogP contribution in [-0.4, -0.2) is 39.3 Å². The maximum atomic E-state index is 11.8. The van der Waals surface area contributed by atoms with Crippen LogP contribution in [0, 0.1) is 11.8 Å². The number of fused-ring (bicyclic) bond motifs is 1. The normalized spacial score (nSPS) is 33.4. The molecule has 0 aromatic heterocycles. The highest BCUT2D eigenvalue weighted by atomic mass is 17.1. The minimum Gasteiger partial charge on any atom is -0.393 e. The van der Waals surface area contributed by atoms with E-state index in [1.54, 1.807) is 13.8 Å². The van der Waals surface area contributed by atoms with E-state index in [-0.39, 0.29) is 23.6 Å². The molecule has 0 aromatic rings. The molecule has 0 aliphatic carbocycles. The predicted molar refractivity (Wildman–Crippen MR) is 56.4 cm³/mol. The SMILES string of the molecule is CC1=C(C(=O)OO)N2C(=O)C(C(C)O)C2C1C. The highest BCUT2D eigenvalue weighted by molar-refractivity contribution is 6.00. The van der Waals surface area contributed by atoms with E-state index in [0.29, 0.717) is 5.57 Å². The van der Waals surface area contributed by atoms with Crippen molar-refractivity contribution in [3.05, 3.63) is 11.3 Å². The number of rotatable bonds is 2. The molecule has 2 aliphatic rings. The predicted octanol–water partition coefficient (Wildman–Crippen LogP) is 0.134. The van der Waals surface area contributed by atoms with Gasteiger partial charge < -0.3 is 10.0 Å². The van der Waals surface area contributed by atoms with Gasteiger partial charge in [0.1, 0.15) is 5.70 Å². The van der Waals surface area contributed by atoms with E-state index >= 15 is 0 Å². The average molecular weight is 241 g/mol. The van der Waals surface area contributed by atoms with E-state index in [4.69, 9.17) is 5.26 Å². The van der Waals surface area contributed by atoms with Gasteiger partial charge in [0, 0.05) is 5.92 Å². The lowest BCUT2D eigenvalue weighted by Crippen LogP contribution is -2.63. The lowest BCUT2D eigenvalue weighted by atomic mass is 9.78. The van der Waals surface area contributed by atoms with Gasteiger partial charge in [-0.05, 0) is 19.4 Å². The number of amides is 1. The Balaban J connectivity index is 2.34. The third kappa shape index (κ3) is 1.41. The monoisotopic (exact) mass is 241 g/mol. The summed E-state index contributed by atoms with van der Waals surface area (Å²) in [6.45, 7) is 5.17. The van der Waals surface area contributed by atoms with Gasteiger partial charge in [-0.3, -0.25) is 9.68 Å². The van der Waals surface area contributed by atoms with Crippen LogP contribution in [0.4, 0.5) is 0 Å². The van der Waals surface area contributed by atoms with E-state index in [0.717, 1.165) is 0 Å². The standard InChI is InChI=1S/C11H15NO5/c1-4-5(2)9(11(15)17-16)12-8(4)7(6(3)13)10(12)14/h4,6-8,13,16H,1-3H3. The number of carbonyl (C=O) groups excluding carboxylic acids is 2. The minimum atomic E-state index is -0.922. The van der Waals surface area contributed by atoms with Crippen molar-refractivity contribution in [1.29, 1.82) is 0 Å². The van der Waals surface area contributed by atoms with Gasteiger partial charge in [-0.15, -0.1) is 0 Å². The maximum Gasteiger partial charge on any atom is 0.389 e. The Bertz CT molecular complexity index is 414. The summed E-state index contributed by atoms with van der Waals surface area (Å²) in [4.78, 5) is 28.3. The first-order valence-electron chi connectivity index (χ1n) is 5.49. The summed E-state index contributed by atoms with van der Waals surface area (Å²) < 4.78 is 0. The number of hydrogen-bond acceptors (Lipinski definition) is 5. The molecule has 0 bridgehead atoms. The molecule has 0 spiro atoms. The van der Waals surface area contributed by atoms with E-state index in [2.05, 4.69) is 4.89 Å². The zero-order valence-electron chi connectivity index (χ0n) is 9.88. The van der Waals surface area contributed by atoms with Gasteiger partial charge in [0.25, 0.3) is 0 Å². The quantitative estimate of drug-likeness (QED) is 0.408. The Labute approximate surface area is 98.4 Å². The molecule has 4 unspecified atom stereocenters. The molecule has 2 N–H and O–H groups in total. The van der Waals surface area contributed by atoms with Crippen LogP contribution in [0.2, 0.25) is 0 Å². The van der Waals surface area contributed by atoms with Crippen molar-refractivity contribution in [1.82, 2.24) is 4.90 Å². The molecule has 2 heterocycles. The second-order valence-electron chi connectivity index (χ2n) is 4.66. The van der Waals surface area contributed by atoms with Crippen LogP contribution < -0.4 is 0 Å². The summed E-state index contributed by atoms with van der Waals surface area (Å²) >= 11 is 0. The van der Waals surface area contributed by atoms with Gasteiger partial charge >= 0.3 is 5.97 Å². The molecule has 4 atom stereocenters.